The molecular weight excluding hydrogens is 148 g/mol. The summed E-state index contributed by atoms with van der Waals surface area (Å²) < 4.78 is 0. The predicted octanol–water partition coefficient (Wildman–Crippen LogP) is 1.12. The largest absolute Gasteiger partial charge is 0.278 e. The summed E-state index contributed by atoms with van der Waals surface area (Å²) >= 11 is 0. The van der Waals surface area contributed by atoms with Gasteiger partial charge in [-0.05, 0) is 6.92 Å². The Hall–Kier alpha value is -1.31. The minimum atomic E-state index is 0.845. The lowest BCUT2D eigenvalue weighted by Crippen LogP contribution is -2.21. The minimum absolute atomic E-state index is 0.845. The fraction of sp³-hybridized carbons (Fsp3) is 0.300. The van der Waals surface area contributed by atoms with Crippen molar-refractivity contribution in [1.29, 1.82) is 0 Å². The lowest BCUT2D eigenvalue weighted by atomic mass is 10.3. The molecule has 1 aromatic rings. The molecule has 1 N–H and O–H groups in total. The molecule has 0 aliphatic carbocycles. The number of allylic oxidation sites excluding steroid dienone is 1. The van der Waals surface area contributed by atoms with E-state index < -0.39 is 0 Å². The van der Waals surface area contributed by atoms with Crippen LogP contribution in [0.15, 0.2) is 12.7 Å². The second-order valence-electron chi connectivity index (χ2n) is 2.10. The van der Waals surface area contributed by atoms with Gasteiger partial charge in [0.15, 0.2) is 0 Å². The van der Waals surface area contributed by atoms with E-state index in [9.17, 15) is 0 Å². The van der Waals surface area contributed by atoms with Crippen LogP contribution in [-0.2, 0) is 0 Å². The van der Waals surface area contributed by atoms with Crippen LogP contribution in [0.2, 0.25) is 0 Å². The van der Waals surface area contributed by atoms with Crippen LogP contribution in [0.5, 0.6) is 0 Å². The van der Waals surface area contributed by atoms with Crippen molar-refractivity contribution in [3.05, 3.63) is 28.9 Å². The van der Waals surface area contributed by atoms with E-state index >= 15 is 0 Å². The summed E-state index contributed by atoms with van der Waals surface area (Å²) in [6, 6.07) is 0. The average Bonchev–Trinajstić information content (AvgIpc) is 2.40. The number of H-pyrrole nitrogens is 1. The Balaban J connectivity index is 0.000000561. The molecule has 0 saturated heterocycles. The predicted molar refractivity (Wildman–Crippen MR) is 54.1 cm³/mol. The molecule has 1 rings (SSSR count). The minimum Gasteiger partial charge on any atom is -0.278 e. The maximum Gasteiger partial charge on any atom is 0.0669 e. The van der Waals surface area contributed by atoms with Gasteiger partial charge in [-0.25, -0.2) is 0 Å². The number of rotatable bonds is 1. The number of aryl methyl sites for hydroxylation is 1. The van der Waals surface area contributed by atoms with E-state index in [0.717, 1.165) is 16.3 Å². The normalized spacial score (nSPS) is 10.4. The van der Waals surface area contributed by atoms with Crippen LogP contribution in [0.25, 0.3) is 12.7 Å². The van der Waals surface area contributed by atoms with Gasteiger partial charge in [-0.3, -0.25) is 5.10 Å². The third-order valence-corrected chi connectivity index (χ3v) is 1.36. The highest BCUT2D eigenvalue weighted by Crippen LogP contribution is 1.72. The molecule has 12 heavy (non-hydrogen) atoms. The zero-order valence-corrected chi connectivity index (χ0v) is 8.02. The Labute approximate surface area is 73.3 Å². The smallest absolute Gasteiger partial charge is 0.0669 e. The zero-order chi connectivity index (χ0) is 9.56. The van der Waals surface area contributed by atoms with E-state index in [1.165, 1.54) is 0 Å². The van der Waals surface area contributed by atoms with Crippen molar-refractivity contribution in [3.63, 3.8) is 0 Å². The van der Waals surface area contributed by atoms with Crippen molar-refractivity contribution in [3.8, 4) is 0 Å². The molecule has 66 valence electrons. The van der Waals surface area contributed by atoms with Gasteiger partial charge >= 0.3 is 0 Å². The van der Waals surface area contributed by atoms with E-state index in [0.29, 0.717) is 0 Å². The van der Waals surface area contributed by atoms with Crippen molar-refractivity contribution in [1.82, 2.24) is 10.2 Å². The van der Waals surface area contributed by atoms with Gasteiger partial charge in [-0.2, -0.15) is 5.10 Å². The highest BCUT2D eigenvalue weighted by Gasteiger charge is 1.89. The molecule has 2 heteroatoms. The van der Waals surface area contributed by atoms with E-state index in [4.69, 9.17) is 0 Å². The fourth-order valence-electron chi connectivity index (χ4n) is 0.829. The summed E-state index contributed by atoms with van der Waals surface area (Å²) in [5.41, 5.74) is 0.963. The highest BCUT2D eigenvalue weighted by atomic mass is 15.1. The van der Waals surface area contributed by atoms with Crippen molar-refractivity contribution in [2.75, 3.05) is 0 Å². The van der Waals surface area contributed by atoms with Crippen LogP contribution < -0.4 is 10.6 Å². The maximum absolute atomic E-state index is 3.97. The Morgan fingerprint density at radius 1 is 1.42 bits per heavy atom. The van der Waals surface area contributed by atoms with Crippen molar-refractivity contribution in [2.45, 2.75) is 20.8 Å². The summed E-state index contributed by atoms with van der Waals surface area (Å²) in [5.74, 6) is 0. The van der Waals surface area contributed by atoms with Crippen LogP contribution in [0.3, 0.4) is 0 Å². The first-order valence-electron chi connectivity index (χ1n) is 4.08. The number of nitrogens with zero attached hydrogens (tertiary/aromatic N) is 1. The molecule has 0 atom stereocenters. The SMILES string of the molecule is C=C/C=c1/c(C)n[nH]c1=C.CC. The van der Waals surface area contributed by atoms with Gasteiger partial charge in [0.05, 0.1) is 11.0 Å². The molecule has 1 aromatic heterocycles. The molecule has 0 saturated carbocycles. The first-order valence-corrected chi connectivity index (χ1v) is 4.08. The number of hydrogen-bond donors (Lipinski definition) is 1. The summed E-state index contributed by atoms with van der Waals surface area (Å²) in [6.07, 6.45) is 3.62. The van der Waals surface area contributed by atoms with E-state index in [1.54, 1.807) is 6.08 Å². The standard InChI is InChI=1S/C8H10N2.C2H6/c1-4-5-8-6(2)9-10-7(8)3;1-2/h4-5,9H,1-2H2,3H3;1-2H3/b8-5+;. The van der Waals surface area contributed by atoms with Crippen molar-refractivity contribution >= 4 is 12.7 Å². The molecule has 0 radical (unpaired) electrons. The monoisotopic (exact) mass is 164 g/mol. The molecule has 2 nitrogen and oxygen atoms in total. The van der Waals surface area contributed by atoms with Gasteiger partial charge in [0.2, 0.25) is 0 Å². The second kappa shape index (κ2) is 5.35. The number of aromatic amines is 1. The molecule has 0 bridgehead atoms. The molecule has 1 heterocycles. The maximum atomic E-state index is 3.97. The van der Waals surface area contributed by atoms with Crippen molar-refractivity contribution in [2.24, 2.45) is 0 Å². The van der Waals surface area contributed by atoms with Crippen molar-refractivity contribution < 1.29 is 0 Å². The first kappa shape index (κ1) is 10.7. The first-order chi connectivity index (χ1) is 5.75. The Morgan fingerprint density at radius 2 is 2.00 bits per heavy atom. The molecule has 0 unspecified atom stereocenters. The van der Waals surface area contributed by atoms with E-state index in [-0.39, 0.29) is 0 Å². The molecule has 0 spiro atoms. The Bertz CT molecular complexity index is 333. The highest BCUT2D eigenvalue weighted by molar-refractivity contribution is 5.36. The lowest BCUT2D eigenvalue weighted by Gasteiger charge is -1.75. The molecule has 0 amide bonds. The Kier molecular flexibility index (Phi) is 4.77. The van der Waals surface area contributed by atoms with Gasteiger partial charge in [0, 0.05) is 5.22 Å². The van der Waals surface area contributed by atoms with Gasteiger partial charge in [-0.15, -0.1) is 0 Å². The summed E-state index contributed by atoms with van der Waals surface area (Å²) in [6.45, 7) is 13.3. The van der Waals surface area contributed by atoms with E-state index in [2.05, 4.69) is 23.4 Å². The van der Waals surface area contributed by atoms with Gasteiger partial charge in [0.1, 0.15) is 0 Å². The number of aromatic nitrogens is 2. The van der Waals surface area contributed by atoms with Crippen LogP contribution in [-0.4, -0.2) is 10.2 Å². The number of hydrogen-bond acceptors (Lipinski definition) is 1. The molecule has 0 fully saturated rings. The van der Waals surface area contributed by atoms with Gasteiger partial charge in [0.25, 0.3) is 0 Å². The summed E-state index contributed by atoms with van der Waals surface area (Å²) in [4.78, 5) is 0. The average molecular weight is 164 g/mol. The van der Waals surface area contributed by atoms with Crippen LogP contribution in [0.1, 0.15) is 19.5 Å². The Morgan fingerprint density at radius 3 is 2.33 bits per heavy atom. The van der Waals surface area contributed by atoms with Crippen LogP contribution in [0.4, 0.5) is 0 Å². The number of nitrogens with one attached hydrogen (secondary N) is 1. The quantitative estimate of drug-likeness (QED) is 0.662. The van der Waals surface area contributed by atoms with Crippen LogP contribution in [0, 0.1) is 6.92 Å². The third kappa shape index (κ3) is 2.38. The fourth-order valence-corrected chi connectivity index (χ4v) is 0.829. The molecule has 0 aromatic carbocycles. The topological polar surface area (TPSA) is 28.7 Å². The molecular formula is C10H16N2. The third-order valence-electron chi connectivity index (χ3n) is 1.36. The second-order valence-corrected chi connectivity index (χ2v) is 2.10. The van der Waals surface area contributed by atoms with E-state index in [1.807, 2.05) is 26.8 Å². The molecule has 0 aliphatic rings. The summed E-state index contributed by atoms with van der Waals surface area (Å²) in [5, 5.41) is 8.63. The van der Waals surface area contributed by atoms with Crippen LogP contribution >= 0.6 is 0 Å². The van der Waals surface area contributed by atoms with Gasteiger partial charge in [-0.1, -0.05) is 39.2 Å². The lowest BCUT2D eigenvalue weighted by molar-refractivity contribution is 1.03. The molecule has 0 aliphatic heterocycles. The zero-order valence-electron chi connectivity index (χ0n) is 8.02. The summed E-state index contributed by atoms with van der Waals surface area (Å²) in [7, 11) is 0. The van der Waals surface area contributed by atoms with Gasteiger partial charge < -0.3 is 0 Å².